The molecule has 2 saturated heterocycles. The van der Waals surface area contributed by atoms with Crippen molar-refractivity contribution in [3.05, 3.63) is 0 Å². The van der Waals surface area contributed by atoms with Crippen LogP contribution >= 0.6 is 0 Å². The normalized spacial score (nSPS) is 30.3. The maximum Gasteiger partial charge on any atom is 0.317 e. The van der Waals surface area contributed by atoms with E-state index in [-0.39, 0.29) is 29.9 Å². The molecule has 2 N–H and O–H groups in total. The topological polar surface area (TPSA) is 90.0 Å². The lowest BCUT2D eigenvalue weighted by Gasteiger charge is -2.41. The summed E-state index contributed by atoms with van der Waals surface area (Å²) in [7, 11) is 0. The molecule has 2 aliphatic heterocycles. The molecular formula is C19H31N3O4. The minimum atomic E-state index is -0.823. The van der Waals surface area contributed by atoms with Crippen LogP contribution in [0.2, 0.25) is 0 Å². The number of urea groups is 1. The Morgan fingerprint density at radius 2 is 1.65 bits per heavy atom. The molecule has 3 fully saturated rings. The van der Waals surface area contributed by atoms with E-state index in [1.54, 1.807) is 9.80 Å². The van der Waals surface area contributed by atoms with Gasteiger partial charge < -0.3 is 20.2 Å². The molecule has 0 aromatic rings. The van der Waals surface area contributed by atoms with Gasteiger partial charge in [0.05, 0.1) is 11.8 Å². The Hall–Kier alpha value is -1.79. The Balaban J connectivity index is 1.58. The molecular weight excluding hydrogens is 334 g/mol. The lowest BCUT2D eigenvalue weighted by Crippen LogP contribution is -2.55. The van der Waals surface area contributed by atoms with Crippen molar-refractivity contribution in [2.45, 2.75) is 70.4 Å². The van der Waals surface area contributed by atoms with Crippen LogP contribution in [-0.2, 0) is 9.59 Å². The first-order valence-electron chi connectivity index (χ1n) is 10.1. The van der Waals surface area contributed by atoms with Crippen molar-refractivity contribution in [3.63, 3.8) is 0 Å². The molecule has 0 aromatic heterocycles. The van der Waals surface area contributed by atoms with E-state index in [2.05, 4.69) is 5.32 Å². The predicted octanol–water partition coefficient (Wildman–Crippen LogP) is 2.06. The predicted molar refractivity (Wildman–Crippen MR) is 96.6 cm³/mol. The third kappa shape index (κ3) is 4.13. The van der Waals surface area contributed by atoms with Crippen molar-refractivity contribution in [2.75, 3.05) is 19.6 Å². The zero-order chi connectivity index (χ0) is 18.7. The van der Waals surface area contributed by atoms with Crippen molar-refractivity contribution in [3.8, 4) is 0 Å². The Morgan fingerprint density at radius 1 is 0.962 bits per heavy atom. The summed E-state index contributed by atoms with van der Waals surface area (Å²) in [6, 6.07) is -0.0574. The van der Waals surface area contributed by atoms with E-state index in [0.717, 1.165) is 32.1 Å². The zero-order valence-electron chi connectivity index (χ0n) is 15.7. The highest BCUT2D eigenvalue weighted by Crippen LogP contribution is 2.28. The maximum absolute atomic E-state index is 13.0. The molecule has 26 heavy (non-hydrogen) atoms. The average molecular weight is 365 g/mol. The SMILES string of the molecule is C[C@@H]1[C@H](C(=O)O)CCCN1C(=O)C1CCCN(C(=O)NC2CCCC2)C1. The fourth-order valence-electron chi connectivity index (χ4n) is 4.72. The molecule has 7 heteroatoms. The maximum atomic E-state index is 13.0. The third-order valence-electron chi connectivity index (χ3n) is 6.33. The van der Waals surface area contributed by atoms with E-state index in [1.807, 2.05) is 6.92 Å². The van der Waals surface area contributed by atoms with Crippen LogP contribution in [0.3, 0.4) is 0 Å². The molecule has 3 atom stereocenters. The third-order valence-corrected chi connectivity index (χ3v) is 6.33. The molecule has 3 aliphatic rings. The van der Waals surface area contributed by atoms with E-state index >= 15 is 0 Å². The van der Waals surface area contributed by atoms with Gasteiger partial charge in [-0.25, -0.2) is 4.79 Å². The van der Waals surface area contributed by atoms with Gasteiger partial charge in [0.25, 0.3) is 0 Å². The van der Waals surface area contributed by atoms with Gasteiger partial charge >= 0.3 is 12.0 Å². The summed E-state index contributed by atoms with van der Waals surface area (Å²) in [4.78, 5) is 40.5. The second-order valence-corrected chi connectivity index (χ2v) is 8.08. The number of aliphatic carboxylic acids is 1. The number of carbonyl (C=O) groups is 3. The molecule has 0 radical (unpaired) electrons. The molecule has 1 unspecified atom stereocenters. The molecule has 3 rings (SSSR count). The van der Waals surface area contributed by atoms with Gasteiger partial charge in [0.15, 0.2) is 0 Å². The van der Waals surface area contributed by atoms with Gasteiger partial charge in [0.2, 0.25) is 5.91 Å². The quantitative estimate of drug-likeness (QED) is 0.801. The Bertz CT molecular complexity index is 547. The number of likely N-dealkylation sites (tertiary alicyclic amines) is 2. The minimum absolute atomic E-state index is 0.0156. The minimum Gasteiger partial charge on any atom is -0.481 e. The van der Waals surface area contributed by atoms with Gasteiger partial charge in [0.1, 0.15) is 0 Å². The van der Waals surface area contributed by atoms with Gasteiger partial charge in [-0.05, 0) is 45.4 Å². The summed E-state index contributed by atoms with van der Waals surface area (Å²) >= 11 is 0. The summed E-state index contributed by atoms with van der Waals surface area (Å²) in [5, 5.41) is 12.5. The van der Waals surface area contributed by atoms with E-state index in [1.165, 1.54) is 12.8 Å². The van der Waals surface area contributed by atoms with Crippen molar-refractivity contribution >= 4 is 17.9 Å². The van der Waals surface area contributed by atoms with Crippen molar-refractivity contribution in [2.24, 2.45) is 11.8 Å². The first-order chi connectivity index (χ1) is 12.5. The molecule has 1 saturated carbocycles. The number of carbonyl (C=O) groups excluding carboxylic acids is 2. The summed E-state index contributed by atoms with van der Waals surface area (Å²) in [5.74, 6) is -1.51. The van der Waals surface area contributed by atoms with Crippen LogP contribution < -0.4 is 5.32 Å². The molecule has 0 aromatic carbocycles. The highest BCUT2D eigenvalue weighted by Gasteiger charge is 2.39. The van der Waals surface area contributed by atoms with Gasteiger partial charge in [-0.3, -0.25) is 9.59 Å². The van der Waals surface area contributed by atoms with E-state index < -0.39 is 11.9 Å². The average Bonchev–Trinajstić information content (AvgIpc) is 3.14. The molecule has 0 spiro atoms. The Morgan fingerprint density at radius 3 is 2.35 bits per heavy atom. The van der Waals surface area contributed by atoms with E-state index in [0.29, 0.717) is 26.1 Å². The highest BCUT2D eigenvalue weighted by molar-refractivity contribution is 5.82. The van der Waals surface area contributed by atoms with Gasteiger partial charge in [0, 0.05) is 31.7 Å². The van der Waals surface area contributed by atoms with Gasteiger partial charge in [-0.2, -0.15) is 0 Å². The molecule has 3 amide bonds. The first kappa shape index (κ1) is 19.0. The summed E-state index contributed by atoms with van der Waals surface area (Å²) in [6.45, 7) is 3.59. The Kier molecular flexibility index (Phi) is 6.04. The molecule has 0 bridgehead atoms. The second-order valence-electron chi connectivity index (χ2n) is 8.08. The van der Waals surface area contributed by atoms with E-state index in [9.17, 15) is 19.5 Å². The molecule has 7 nitrogen and oxygen atoms in total. The first-order valence-corrected chi connectivity index (χ1v) is 10.1. The number of carboxylic acids is 1. The second kappa shape index (κ2) is 8.27. The summed E-state index contributed by atoms with van der Waals surface area (Å²) < 4.78 is 0. The number of hydrogen-bond acceptors (Lipinski definition) is 3. The van der Waals surface area contributed by atoms with Crippen molar-refractivity contribution in [1.82, 2.24) is 15.1 Å². The molecule has 146 valence electrons. The fraction of sp³-hybridized carbons (Fsp3) is 0.842. The van der Waals surface area contributed by atoms with Crippen LogP contribution in [0.1, 0.15) is 58.3 Å². The molecule has 1 aliphatic carbocycles. The monoisotopic (exact) mass is 365 g/mol. The van der Waals surface area contributed by atoms with Crippen molar-refractivity contribution < 1.29 is 19.5 Å². The zero-order valence-corrected chi connectivity index (χ0v) is 15.7. The largest absolute Gasteiger partial charge is 0.481 e. The number of amides is 3. The standard InChI is InChI=1S/C19H31N3O4/c1-13-16(18(24)25)9-5-11-22(13)17(23)14-6-4-10-21(12-14)19(26)20-15-7-2-3-8-15/h13-16H,2-12H2,1H3,(H,20,26)(H,24,25)/t13-,14?,16-/m1/s1. The van der Waals surface area contributed by atoms with Crippen LogP contribution in [-0.4, -0.2) is 64.5 Å². The lowest BCUT2D eigenvalue weighted by atomic mass is 9.88. The van der Waals surface area contributed by atoms with Crippen LogP contribution in [0, 0.1) is 11.8 Å². The number of hydrogen-bond donors (Lipinski definition) is 2. The lowest BCUT2D eigenvalue weighted by molar-refractivity contribution is -0.151. The van der Waals surface area contributed by atoms with Crippen LogP contribution in [0.4, 0.5) is 4.79 Å². The van der Waals surface area contributed by atoms with Gasteiger partial charge in [-0.1, -0.05) is 12.8 Å². The fourth-order valence-corrected chi connectivity index (χ4v) is 4.72. The number of piperidine rings is 2. The highest BCUT2D eigenvalue weighted by atomic mass is 16.4. The Labute approximate surface area is 155 Å². The van der Waals surface area contributed by atoms with Crippen LogP contribution in [0.25, 0.3) is 0 Å². The number of nitrogens with zero attached hydrogens (tertiary/aromatic N) is 2. The van der Waals surface area contributed by atoms with Crippen molar-refractivity contribution in [1.29, 1.82) is 0 Å². The van der Waals surface area contributed by atoms with Crippen LogP contribution in [0.5, 0.6) is 0 Å². The van der Waals surface area contributed by atoms with E-state index in [4.69, 9.17) is 0 Å². The summed E-state index contributed by atoms with van der Waals surface area (Å²) in [6.07, 6.45) is 7.37. The smallest absolute Gasteiger partial charge is 0.317 e. The van der Waals surface area contributed by atoms with Crippen LogP contribution in [0.15, 0.2) is 0 Å². The number of nitrogens with one attached hydrogen (secondary N) is 1. The number of carboxylic acid groups (broad SMARTS) is 1. The van der Waals surface area contributed by atoms with Gasteiger partial charge in [-0.15, -0.1) is 0 Å². The summed E-state index contributed by atoms with van der Waals surface area (Å²) in [5.41, 5.74) is 0. The molecule has 2 heterocycles. The number of rotatable bonds is 3.